The summed E-state index contributed by atoms with van der Waals surface area (Å²) >= 11 is 0. The maximum absolute atomic E-state index is 13.4. The summed E-state index contributed by atoms with van der Waals surface area (Å²) in [4.78, 5) is 85.8. The number of likely N-dealkylation sites (N-methyl/N-ethyl adjacent to an activating group) is 1. The van der Waals surface area contributed by atoms with Crippen molar-refractivity contribution in [1.82, 2.24) is 35.8 Å². The minimum Gasteiger partial charge on any atom is -0.543 e. The number of rotatable bonds is 10. The number of hydrogen-bond donors (Lipinski definition) is 3. The number of benzene rings is 1. The summed E-state index contributed by atoms with van der Waals surface area (Å²) in [6.45, 7) is 4.26. The molecule has 0 aliphatic carbocycles. The summed E-state index contributed by atoms with van der Waals surface area (Å²) in [6.07, 6.45) is 6.36. The molecule has 4 aliphatic heterocycles. The van der Waals surface area contributed by atoms with Crippen LogP contribution in [0.25, 0.3) is 0 Å². The number of hydrazine groups is 1. The number of β-lactam (4-membered cyclic amide) rings is 1. The molecule has 46 heavy (non-hydrogen) atoms. The van der Waals surface area contributed by atoms with E-state index in [1.807, 2.05) is 0 Å². The van der Waals surface area contributed by atoms with Gasteiger partial charge in [0.25, 0.3) is 11.6 Å². The number of nitrogens with one attached hydrogen (secondary N) is 3. The number of carboxylic acid groups (broad SMARTS) is 1. The first-order valence-electron chi connectivity index (χ1n) is 14.1. The number of carbonyl (C=O) groups is 7. The van der Waals surface area contributed by atoms with Crippen molar-refractivity contribution in [3.63, 3.8) is 0 Å². The zero-order valence-electron chi connectivity index (χ0n) is 24.8. The monoisotopic (exact) mass is 653 g/mol. The van der Waals surface area contributed by atoms with Gasteiger partial charge in [-0.15, -0.1) is 0 Å². The van der Waals surface area contributed by atoms with Crippen molar-refractivity contribution >= 4 is 53.2 Å². The number of allylic oxidation sites excluding steroid dienone is 1. The molecule has 0 spiro atoms. The van der Waals surface area contributed by atoms with Gasteiger partial charge in [0.05, 0.1) is 24.1 Å². The van der Waals surface area contributed by atoms with Gasteiger partial charge in [-0.2, -0.15) is 0 Å². The highest BCUT2D eigenvalue weighted by Gasteiger charge is 2.51. The standard InChI is InChI=1S/C21H22N6O5.C8H9NO4S/c1-2-25-10-11-26(21(32)20(25)31)27(14-29)18(15-6-4-3-5-7-15)19(30)24-17-12-22-9-8-16(17)23-13-28;1-4-6(10)9-5(8(11)12)2-3-14(13)7(4)9/h3-7,9,13-14,18H,2,10-12H2,1H3,(H2-,22,23,24,28,30,31,32);2,4,7H,3H2,1H3,(H,11,12)/t;4-,7-,14?/m.0/s1. The van der Waals surface area contributed by atoms with E-state index in [2.05, 4.69) is 22.0 Å². The molecule has 0 saturated carbocycles. The Balaban J connectivity index is 0.000000284. The highest BCUT2D eigenvalue weighted by atomic mass is 32.2. The summed E-state index contributed by atoms with van der Waals surface area (Å²) in [5.41, 5.74) is 0.885. The van der Waals surface area contributed by atoms with Gasteiger partial charge in [0.15, 0.2) is 6.04 Å². The van der Waals surface area contributed by atoms with E-state index >= 15 is 0 Å². The summed E-state index contributed by atoms with van der Waals surface area (Å²) in [5, 5.41) is 20.1. The molecule has 0 radical (unpaired) electrons. The minimum atomic E-state index is -1.38. The molecule has 1 aromatic carbocycles. The lowest BCUT2D eigenvalue weighted by atomic mass is 9.99. The van der Waals surface area contributed by atoms with Crippen LogP contribution in [0.4, 0.5) is 0 Å². The Hall–Kier alpha value is -5.41. The van der Waals surface area contributed by atoms with Crippen LogP contribution in [-0.4, -0.2) is 104 Å². The topological polar surface area (TPSA) is 209 Å². The number of aliphatic carboxylic acids is 1. The average molecular weight is 654 g/mol. The van der Waals surface area contributed by atoms with E-state index in [0.29, 0.717) is 30.6 Å². The van der Waals surface area contributed by atoms with E-state index in [0.717, 1.165) is 14.9 Å². The summed E-state index contributed by atoms with van der Waals surface area (Å²) < 4.78 is 11.4. The van der Waals surface area contributed by atoms with Crippen molar-refractivity contribution < 1.29 is 42.9 Å². The molecule has 4 aliphatic rings. The Morgan fingerprint density at radius 3 is 2.52 bits per heavy atom. The van der Waals surface area contributed by atoms with Crippen molar-refractivity contribution in [2.75, 3.05) is 31.9 Å². The van der Waals surface area contributed by atoms with E-state index in [1.165, 1.54) is 17.2 Å². The average Bonchev–Trinajstić information content (AvgIpc) is 3.06. The Labute approximate surface area is 266 Å². The van der Waals surface area contributed by atoms with Gasteiger partial charge in [-0.3, -0.25) is 43.2 Å². The smallest absolute Gasteiger partial charge is 0.330 e. The highest BCUT2D eigenvalue weighted by Crippen LogP contribution is 2.35. The van der Waals surface area contributed by atoms with Crippen molar-refractivity contribution in [2.45, 2.75) is 25.3 Å². The predicted octanol–water partition coefficient (Wildman–Crippen LogP) is -3.03. The Kier molecular flexibility index (Phi) is 10.6. The van der Waals surface area contributed by atoms with Gasteiger partial charge in [-0.25, -0.2) is 15.3 Å². The third kappa shape index (κ3) is 6.64. The molecule has 5 rings (SSSR count). The third-order valence-electron chi connectivity index (χ3n) is 7.55. The molecule has 1 aromatic rings. The summed E-state index contributed by atoms with van der Waals surface area (Å²) in [6, 6.07) is 7.17. The maximum Gasteiger partial charge on any atom is 0.330 e. The fourth-order valence-electron chi connectivity index (χ4n) is 5.22. The minimum absolute atomic E-state index is 0.0620. The Morgan fingerprint density at radius 2 is 1.89 bits per heavy atom. The second kappa shape index (κ2) is 14.6. The van der Waals surface area contributed by atoms with Crippen molar-refractivity contribution in [3.05, 3.63) is 71.3 Å². The van der Waals surface area contributed by atoms with Crippen molar-refractivity contribution in [3.8, 4) is 0 Å². The van der Waals surface area contributed by atoms with Crippen LogP contribution < -0.4 is 21.1 Å². The van der Waals surface area contributed by atoms with Crippen molar-refractivity contribution in [1.29, 1.82) is 0 Å². The zero-order chi connectivity index (χ0) is 33.5. The molecule has 0 aromatic heterocycles. The molecule has 17 heteroatoms. The Morgan fingerprint density at radius 1 is 1.17 bits per heavy atom. The van der Waals surface area contributed by atoms with Crippen LogP contribution in [0.3, 0.4) is 0 Å². The summed E-state index contributed by atoms with van der Waals surface area (Å²) in [5.74, 6) is -4.11. The van der Waals surface area contributed by atoms with Crippen LogP contribution in [-0.2, 0) is 44.4 Å². The lowest BCUT2D eigenvalue weighted by molar-refractivity contribution is -0.301. The first kappa shape index (κ1) is 33.5. The molecule has 2 fully saturated rings. The van der Waals surface area contributed by atoms with E-state index in [1.54, 1.807) is 44.2 Å². The number of hydrogen-bond acceptors (Lipinski definition) is 10. The largest absolute Gasteiger partial charge is 0.543 e. The third-order valence-corrected chi connectivity index (χ3v) is 9.20. The number of nitrogens with zero attached hydrogens (tertiary/aromatic N) is 4. The summed E-state index contributed by atoms with van der Waals surface area (Å²) in [7, 11) is -1.18. The van der Waals surface area contributed by atoms with Crippen molar-refractivity contribution in [2.24, 2.45) is 5.92 Å². The number of carboxylic acids is 1. The number of amides is 6. The molecule has 3 N–H and O–H groups in total. The first-order chi connectivity index (χ1) is 22.0. The van der Waals surface area contributed by atoms with E-state index in [4.69, 9.17) is 0 Å². The van der Waals surface area contributed by atoms with Crippen LogP contribution in [0.15, 0.2) is 59.7 Å². The molecule has 6 amide bonds. The van der Waals surface area contributed by atoms with Crippen LogP contribution in [0.1, 0.15) is 25.5 Å². The van der Waals surface area contributed by atoms with Gasteiger partial charge >= 0.3 is 11.8 Å². The van der Waals surface area contributed by atoms with E-state index < -0.39 is 45.9 Å². The lowest BCUT2D eigenvalue weighted by Gasteiger charge is -2.48. The lowest BCUT2D eigenvalue weighted by Crippen LogP contribution is -2.64. The normalized spacial score (nSPS) is 22.5. The number of piperazine rings is 1. The van der Waals surface area contributed by atoms with E-state index in [-0.39, 0.29) is 48.6 Å². The molecular formula is C29H31N7O9S. The quantitative estimate of drug-likeness (QED) is 0.101. The van der Waals surface area contributed by atoms with Gasteiger partial charge in [-0.1, -0.05) is 37.3 Å². The highest BCUT2D eigenvalue weighted by molar-refractivity contribution is 7.86. The fourth-order valence-corrected chi connectivity index (χ4v) is 6.76. The van der Waals surface area contributed by atoms with Crippen LogP contribution in [0.2, 0.25) is 0 Å². The molecular weight excluding hydrogens is 622 g/mol. The molecule has 0 bridgehead atoms. The maximum atomic E-state index is 13.4. The number of dihydropyridines is 1. The molecule has 2 saturated heterocycles. The Bertz CT molecular complexity index is 1540. The molecule has 2 unspecified atom stereocenters. The molecule has 242 valence electrons. The molecule has 4 atom stereocenters. The van der Waals surface area contributed by atoms with E-state index in [9.17, 15) is 42.9 Å². The van der Waals surface area contributed by atoms with Gasteiger partial charge in [0.2, 0.25) is 24.4 Å². The molecule has 4 heterocycles. The van der Waals surface area contributed by atoms with Gasteiger partial charge in [0, 0.05) is 29.6 Å². The zero-order valence-corrected chi connectivity index (χ0v) is 25.7. The fraction of sp³-hybridized carbons (Fsp3) is 0.345. The van der Waals surface area contributed by atoms with Crippen LogP contribution >= 0.6 is 0 Å². The number of fused-ring (bicyclic) bond motifs is 1. The van der Waals surface area contributed by atoms with Gasteiger partial charge < -0.3 is 20.1 Å². The SMILES string of the molecule is CCN1CCN(N(C=O)C(C(=O)NC2=C(NC=O)[C+]=CNC2)c2ccccc2)C(=O)C1=O.C[C@H]1C(=O)N2C(C(=O)[O-])=CCS(=O)[C@@H]12. The van der Waals surface area contributed by atoms with Crippen LogP contribution in [0, 0.1) is 12.0 Å². The predicted molar refractivity (Wildman–Crippen MR) is 157 cm³/mol. The van der Waals surface area contributed by atoms with Gasteiger partial charge in [0.1, 0.15) is 24.2 Å². The number of carbonyl (C=O) groups excluding carboxylic acids is 7. The van der Waals surface area contributed by atoms with Gasteiger partial charge in [-0.05, 0) is 18.6 Å². The van der Waals surface area contributed by atoms with Crippen LogP contribution in [0.5, 0.6) is 0 Å². The second-order valence-corrected chi connectivity index (χ2v) is 11.8. The first-order valence-corrected chi connectivity index (χ1v) is 15.5. The second-order valence-electron chi connectivity index (χ2n) is 10.2. The molecule has 16 nitrogen and oxygen atoms in total.